The minimum absolute atomic E-state index is 0.0907. The number of carbonyl (C=O) groups excluding carboxylic acids is 2. The fourth-order valence-corrected chi connectivity index (χ4v) is 5.67. The molecule has 2 heterocycles. The Kier molecular flexibility index (Phi) is 6.84. The van der Waals surface area contributed by atoms with Crippen LogP contribution in [-0.4, -0.2) is 47.1 Å². The summed E-state index contributed by atoms with van der Waals surface area (Å²) < 4.78 is 6.69. The second-order valence-electron chi connectivity index (χ2n) is 9.86. The van der Waals surface area contributed by atoms with E-state index in [1.54, 1.807) is 16.2 Å². The van der Waals surface area contributed by atoms with E-state index in [0.29, 0.717) is 19.6 Å². The predicted octanol–water partition coefficient (Wildman–Crippen LogP) is 5.11. The zero-order valence-corrected chi connectivity index (χ0v) is 20.0. The van der Waals surface area contributed by atoms with Gasteiger partial charge in [-0.1, -0.05) is 24.3 Å². The van der Waals surface area contributed by atoms with Crippen molar-refractivity contribution in [1.82, 2.24) is 15.2 Å². The predicted molar refractivity (Wildman–Crippen MR) is 128 cm³/mol. The third-order valence-electron chi connectivity index (χ3n) is 6.13. The molecule has 0 radical (unpaired) electrons. The summed E-state index contributed by atoms with van der Waals surface area (Å²) in [5.41, 5.74) is 0.508. The van der Waals surface area contributed by atoms with E-state index in [1.165, 1.54) is 4.70 Å². The Hall–Kier alpha value is -2.41. The van der Waals surface area contributed by atoms with Crippen LogP contribution in [0.4, 0.5) is 4.79 Å². The number of benzene rings is 1. The van der Waals surface area contributed by atoms with Crippen LogP contribution in [0.3, 0.4) is 0 Å². The van der Waals surface area contributed by atoms with Gasteiger partial charge in [0.1, 0.15) is 5.60 Å². The van der Waals surface area contributed by atoms with Crippen molar-refractivity contribution in [3.8, 4) is 0 Å². The van der Waals surface area contributed by atoms with E-state index < -0.39 is 5.60 Å². The molecule has 6 nitrogen and oxygen atoms in total. The highest BCUT2D eigenvalue weighted by Gasteiger charge is 2.33. The summed E-state index contributed by atoms with van der Waals surface area (Å²) in [6.45, 7) is 7.57. The van der Waals surface area contributed by atoms with E-state index >= 15 is 0 Å². The molecule has 0 spiro atoms. The van der Waals surface area contributed by atoms with E-state index in [1.807, 2.05) is 39.0 Å². The molecule has 172 valence electrons. The lowest BCUT2D eigenvalue weighted by molar-refractivity contribution is -0.126. The average Bonchev–Trinajstić information content (AvgIpc) is 3.21. The Morgan fingerprint density at radius 3 is 2.78 bits per heavy atom. The van der Waals surface area contributed by atoms with Gasteiger partial charge >= 0.3 is 6.09 Å². The number of carbonyl (C=O) groups is 2. The molecule has 1 aromatic heterocycles. The molecule has 1 aromatic carbocycles. The number of piperidine rings is 1. The maximum atomic E-state index is 13.2. The molecular weight excluding hydrogens is 422 g/mol. The van der Waals surface area contributed by atoms with Gasteiger partial charge in [0, 0.05) is 25.6 Å². The number of nitrogens with one attached hydrogen (secondary N) is 1. The molecule has 4 rings (SSSR count). The summed E-state index contributed by atoms with van der Waals surface area (Å²) in [5.74, 6) is 0.348. The van der Waals surface area contributed by atoms with Gasteiger partial charge in [-0.25, -0.2) is 9.78 Å². The molecule has 7 heteroatoms. The number of allylic oxidation sites excluding steroid dienone is 2. The van der Waals surface area contributed by atoms with E-state index in [4.69, 9.17) is 9.72 Å². The largest absolute Gasteiger partial charge is 0.444 e. The summed E-state index contributed by atoms with van der Waals surface area (Å²) in [7, 11) is 0. The van der Waals surface area contributed by atoms with Crippen molar-refractivity contribution in [3.05, 3.63) is 41.4 Å². The fourth-order valence-electron chi connectivity index (χ4n) is 4.53. The first kappa shape index (κ1) is 22.8. The minimum Gasteiger partial charge on any atom is -0.444 e. The standard InChI is InChI=1S/C25H33N3O3S/c1-25(2,3)31-24(30)28-14-8-9-17(16-28)15-26-22(29)18-10-4-5-11-19(18)23-27-20-12-6-7-13-21(20)32-23/h4-7,12-13,17-19H,8-11,14-16H2,1-3H3,(H,26,29). The van der Waals surface area contributed by atoms with Crippen LogP contribution in [-0.2, 0) is 9.53 Å². The van der Waals surface area contributed by atoms with Crippen molar-refractivity contribution < 1.29 is 14.3 Å². The van der Waals surface area contributed by atoms with Crippen LogP contribution in [0.25, 0.3) is 10.2 Å². The number of thiazole rings is 1. The Morgan fingerprint density at radius 2 is 2.00 bits per heavy atom. The summed E-state index contributed by atoms with van der Waals surface area (Å²) in [6, 6.07) is 8.15. The highest BCUT2D eigenvalue weighted by Crippen LogP contribution is 2.38. The lowest BCUT2D eigenvalue weighted by atomic mass is 9.82. The van der Waals surface area contributed by atoms with Gasteiger partial charge in [0.25, 0.3) is 0 Å². The van der Waals surface area contributed by atoms with Crippen molar-refractivity contribution in [2.45, 2.75) is 58.0 Å². The average molecular weight is 456 g/mol. The molecule has 0 saturated carbocycles. The quantitative estimate of drug-likeness (QED) is 0.651. The zero-order valence-electron chi connectivity index (χ0n) is 19.2. The van der Waals surface area contributed by atoms with Crippen LogP contribution in [0.5, 0.6) is 0 Å². The molecule has 2 aromatic rings. The first-order chi connectivity index (χ1) is 15.3. The van der Waals surface area contributed by atoms with Gasteiger partial charge in [-0.2, -0.15) is 0 Å². The normalized spacial score (nSPS) is 23.8. The molecule has 2 aliphatic rings. The maximum Gasteiger partial charge on any atom is 0.410 e. The van der Waals surface area contributed by atoms with Crippen molar-refractivity contribution in [3.63, 3.8) is 0 Å². The number of hydrogen-bond acceptors (Lipinski definition) is 5. The molecule has 1 saturated heterocycles. The SMILES string of the molecule is CC(C)(C)OC(=O)N1CCCC(CNC(=O)C2CC=CCC2c2nc3ccccc3s2)C1. The van der Waals surface area contributed by atoms with Crippen molar-refractivity contribution >= 4 is 33.6 Å². The van der Waals surface area contributed by atoms with Crippen LogP contribution in [0.1, 0.15) is 57.4 Å². The van der Waals surface area contributed by atoms with E-state index in [2.05, 4.69) is 23.5 Å². The summed E-state index contributed by atoms with van der Waals surface area (Å²) >= 11 is 1.70. The molecule has 3 atom stereocenters. The Labute approximate surface area is 194 Å². The fraction of sp³-hybridized carbons (Fsp3) is 0.560. The molecule has 3 unspecified atom stereocenters. The van der Waals surface area contributed by atoms with Crippen LogP contribution in [0.15, 0.2) is 36.4 Å². The molecule has 1 aliphatic carbocycles. The number of hydrogen-bond donors (Lipinski definition) is 1. The number of likely N-dealkylation sites (tertiary alicyclic amines) is 1. The van der Waals surface area contributed by atoms with Gasteiger partial charge in [-0.3, -0.25) is 4.79 Å². The van der Waals surface area contributed by atoms with Gasteiger partial charge < -0.3 is 15.0 Å². The van der Waals surface area contributed by atoms with E-state index in [-0.39, 0.29) is 29.8 Å². The van der Waals surface area contributed by atoms with Crippen LogP contribution < -0.4 is 5.32 Å². The number of ether oxygens (including phenoxy) is 1. The number of nitrogens with zero attached hydrogens (tertiary/aromatic N) is 2. The summed E-state index contributed by atoms with van der Waals surface area (Å²) in [4.78, 5) is 32.2. The monoisotopic (exact) mass is 455 g/mol. The van der Waals surface area contributed by atoms with E-state index in [9.17, 15) is 9.59 Å². The van der Waals surface area contributed by atoms with Crippen molar-refractivity contribution in [2.75, 3.05) is 19.6 Å². The molecule has 1 fully saturated rings. The molecule has 1 aliphatic heterocycles. The Balaban J connectivity index is 1.36. The molecule has 2 amide bonds. The van der Waals surface area contributed by atoms with Crippen LogP contribution in [0, 0.1) is 11.8 Å². The topological polar surface area (TPSA) is 71.5 Å². The first-order valence-electron chi connectivity index (χ1n) is 11.6. The first-order valence-corrected chi connectivity index (χ1v) is 12.4. The third kappa shape index (κ3) is 5.49. The third-order valence-corrected chi connectivity index (χ3v) is 7.30. The molecule has 1 N–H and O–H groups in total. The van der Waals surface area contributed by atoms with Crippen LogP contribution in [0.2, 0.25) is 0 Å². The number of aromatic nitrogens is 1. The van der Waals surface area contributed by atoms with Gasteiger partial charge in [-0.15, -0.1) is 11.3 Å². The van der Waals surface area contributed by atoms with Crippen LogP contribution >= 0.6 is 11.3 Å². The second kappa shape index (κ2) is 9.61. The maximum absolute atomic E-state index is 13.2. The summed E-state index contributed by atoms with van der Waals surface area (Å²) in [5, 5.41) is 4.23. The number of rotatable bonds is 4. The molecule has 0 bridgehead atoms. The van der Waals surface area contributed by atoms with E-state index in [0.717, 1.165) is 36.2 Å². The Bertz CT molecular complexity index is 961. The van der Waals surface area contributed by atoms with Gasteiger partial charge in [0.15, 0.2) is 0 Å². The smallest absolute Gasteiger partial charge is 0.410 e. The van der Waals surface area contributed by atoms with Gasteiger partial charge in [0.2, 0.25) is 5.91 Å². The number of fused-ring (bicyclic) bond motifs is 1. The summed E-state index contributed by atoms with van der Waals surface area (Å²) in [6.07, 6.45) is 7.53. The second-order valence-corrected chi connectivity index (χ2v) is 10.9. The van der Waals surface area contributed by atoms with Gasteiger partial charge in [-0.05, 0) is 64.5 Å². The lowest BCUT2D eigenvalue weighted by Gasteiger charge is -2.34. The zero-order chi connectivity index (χ0) is 22.7. The molecule has 32 heavy (non-hydrogen) atoms. The lowest BCUT2D eigenvalue weighted by Crippen LogP contribution is -2.46. The number of para-hydroxylation sites is 1. The number of amides is 2. The van der Waals surface area contributed by atoms with Gasteiger partial charge in [0.05, 0.1) is 21.1 Å². The minimum atomic E-state index is -0.498. The highest BCUT2D eigenvalue weighted by atomic mass is 32.1. The van der Waals surface area contributed by atoms with Crippen molar-refractivity contribution in [1.29, 1.82) is 0 Å². The molecular formula is C25H33N3O3S. The highest BCUT2D eigenvalue weighted by molar-refractivity contribution is 7.18. The van der Waals surface area contributed by atoms with Crippen molar-refractivity contribution in [2.24, 2.45) is 11.8 Å². The Morgan fingerprint density at radius 1 is 1.22 bits per heavy atom.